The topological polar surface area (TPSA) is 38.8 Å². The van der Waals surface area contributed by atoms with E-state index in [4.69, 9.17) is 9.47 Å². The van der Waals surface area contributed by atoms with Crippen LogP contribution in [0.5, 0.6) is 5.75 Å². The molecule has 2 heterocycles. The number of fused-ring (bicyclic) bond motifs is 3. The van der Waals surface area contributed by atoms with Gasteiger partial charge in [-0.25, -0.2) is 0 Å². The molecule has 2 aromatic carbocycles. The highest BCUT2D eigenvalue weighted by atomic mass is 16.5. The fourth-order valence-corrected chi connectivity index (χ4v) is 4.51. The third kappa shape index (κ3) is 2.88. The van der Waals surface area contributed by atoms with Gasteiger partial charge in [-0.2, -0.15) is 0 Å². The zero-order valence-electron chi connectivity index (χ0n) is 15.3. The summed E-state index contributed by atoms with van der Waals surface area (Å²) < 4.78 is 11.5. The van der Waals surface area contributed by atoms with Crippen LogP contribution in [0.25, 0.3) is 0 Å². The van der Waals surface area contributed by atoms with Crippen LogP contribution < -0.4 is 4.74 Å². The molecule has 0 amide bonds. The molecule has 2 unspecified atom stereocenters. The molecular formula is C22H25NO3. The van der Waals surface area contributed by atoms with Gasteiger partial charge in [-0.15, -0.1) is 0 Å². The van der Waals surface area contributed by atoms with Crippen LogP contribution in [0.2, 0.25) is 0 Å². The number of nitrogens with zero attached hydrogens (tertiary/aromatic N) is 1. The van der Waals surface area contributed by atoms with Gasteiger partial charge in [0.2, 0.25) is 0 Å². The lowest BCUT2D eigenvalue weighted by molar-refractivity contribution is -0.150. The Bertz CT molecular complexity index is 776. The molecule has 0 radical (unpaired) electrons. The predicted octanol–water partition coefficient (Wildman–Crippen LogP) is 3.82. The molecular weight excluding hydrogens is 326 g/mol. The van der Waals surface area contributed by atoms with Gasteiger partial charge in [0.15, 0.2) is 0 Å². The summed E-state index contributed by atoms with van der Waals surface area (Å²) in [4.78, 5) is 15.1. The van der Waals surface area contributed by atoms with Crippen molar-refractivity contribution in [2.24, 2.45) is 11.8 Å². The van der Waals surface area contributed by atoms with Gasteiger partial charge in [-0.1, -0.05) is 55.5 Å². The van der Waals surface area contributed by atoms with Crippen LogP contribution in [0.15, 0.2) is 54.6 Å². The van der Waals surface area contributed by atoms with E-state index in [0.29, 0.717) is 13.2 Å². The monoisotopic (exact) mass is 351 g/mol. The van der Waals surface area contributed by atoms with E-state index in [1.807, 2.05) is 43.3 Å². The lowest BCUT2D eigenvalue weighted by atomic mass is 9.84. The van der Waals surface area contributed by atoms with E-state index >= 15 is 0 Å². The fraction of sp³-hybridized carbons (Fsp3) is 0.409. The lowest BCUT2D eigenvalue weighted by Gasteiger charge is -2.35. The van der Waals surface area contributed by atoms with Crippen molar-refractivity contribution < 1.29 is 14.3 Å². The summed E-state index contributed by atoms with van der Waals surface area (Å²) in [5, 5.41) is 0. The molecule has 4 nitrogen and oxygen atoms in total. The number of benzene rings is 2. The molecule has 136 valence electrons. The summed E-state index contributed by atoms with van der Waals surface area (Å²) in [5.74, 6) is 1.27. The van der Waals surface area contributed by atoms with Gasteiger partial charge >= 0.3 is 5.97 Å². The van der Waals surface area contributed by atoms with Crippen LogP contribution in [0.1, 0.15) is 31.0 Å². The minimum absolute atomic E-state index is 0.122. The number of esters is 1. The normalized spacial score (nSPS) is 27.3. The second-order valence-electron chi connectivity index (χ2n) is 7.17. The van der Waals surface area contributed by atoms with Crippen molar-refractivity contribution in [3.05, 3.63) is 65.7 Å². The van der Waals surface area contributed by atoms with Crippen LogP contribution in [0.4, 0.5) is 0 Å². The first-order chi connectivity index (χ1) is 12.7. The summed E-state index contributed by atoms with van der Waals surface area (Å²) in [5.41, 5.74) is 2.39. The van der Waals surface area contributed by atoms with Crippen LogP contribution in [0, 0.1) is 11.8 Å². The number of carbonyl (C=O) groups excluding carboxylic acids is 1. The molecule has 2 aliphatic rings. The van der Waals surface area contributed by atoms with E-state index in [2.05, 4.69) is 30.0 Å². The lowest BCUT2D eigenvalue weighted by Crippen LogP contribution is -2.40. The molecule has 2 aliphatic heterocycles. The zero-order chi connectivity index (χ0) is 18.1. The van der Waals surface area contributed by atoms with E-state index in [-0.39, 0.29) is 29.9 Å². The van der Waals surface area contributed by atoms with Crippen LogP contribution in [-0.4, -0.2) is 30.1 Å². The Labute approximate surface area is 154 Å². The number of para-hydroxylation sites is 1. The van der Waals surface area contributed by atoms with Crippen LogP contribution in [-0.2, 0) is 16.1 Å². The van der Waals surface area contributed by atoms with E-state index in [1.165, 1.54) is 11.1 Å². The van der Waals surface area contributed by atoms with E-state index in [0.717, 1.165) is 12.3 Å². The molecule has 26 heavy (non-hydrogen) atoms. The minimum Gasteiger partial charge on any atom is -0.493 e. The molecule has 4 rings (SSSR count). The third-order valence-corrected chi connectivity index (χ3v) is 5.70. The summed E-state index contributed by atoms with van der Waals surface area (Å²) in [6.45, 7) is 5.80. The molecule has 0 saturated carbocycles. The largest absolute Gasteiger partial charge is 0.493 e. The van der Waals surface area contributed by atoms with Crippen molar-refractivity contribution in [2.75, 3.05) is 13.2 Å². The second kappa shape index (κ2) is 7.12. The first kappa shape index (κ1) is 17.1. The maximum atomic E-state index is 12.8. The van der Waals surface area contributed by atoms with Gasteiger partial charge in [0.05, 0.1) is 13.2 Å². The summed E-state index contributed by atoms with van der Waals surface area (Å²) in [7, 11) is 0. The third-order valence-electron chi connectivity index (χ3n) is 5.70. The van der Waals surface area contributed by atoms with E-state index in [9.17, 15) is 4.79 Å². The standard InChI is InChI=1S/C22H25NO3/c1-3-25-22(24)20-15(2)18-14-26-19-12-8-7-11-17(19)21(18)23(20)13-16-9-5-4-6-10-16/h4-12,15,18,20-21H,3,13-14H2,1-2H3/t15-,18?,20-,21?/m1/s1. The Hall–Kier alpha value is -2.33. The zero-order valence-corrected chi connectivity index (χ0v) is 15.3. The van der Waals surface area contributed by atoms with Gasteiger partial charge in [-0.05, 0) is 24.5 Å². The fourth-order valence-electron chi connectivity index (χ4n) is 4.51. The van der Waals surface area contributed by atoms with Gasteiger partial charge in [0, 0.05) is 24.1 Å². The number of likely N-dealkylation sites (tertiary alicyclic amines) is 1. The Kier molecular flexibility index (Phi) is 4.68. The number of hydrogen-bond acceptors (Lipinski definition) is 4. The van der Waals surface area contributed by atoms with Crippen molar-refractivity contribution in [3.63, 3.8) is 0 Å². The van der Waals surface area contributed by atoms with Crippen molar-refractivity contribution in [2.45, 2.75) is 32.5 Å². The highest BCUT2D eigenvalue weighted by Crippen LogP contribution is 2.50. The molecule has 4 atom stereocenters. The van der Waals surface area contributed by atoms with E-state index < -0.39 is 0 Å². The first-order valence-electron chi connectivity index (χ1n) is 9.38. The van der Waals surface area contributed by atoms with Gasteiger partial charge < -0.3 is 9.47 Å². The molecule has 0 aromatic heterocycles. The van der Waals surface area contributed by atoms with Crippen molar-refractivity contribution >= 4 is 5.97 Å². The molecule has 0 aliphatic carbocycles. The highest BCUT2D eigenvalue weighted by molar-refractivity contribution is 5.77. The smallest absolute Gasteiger partial charge is 0.323 e. The Morgan fingerprint density at radius 2 is 1.88 bits per heavy atom. The van der Waals surface area contributed by atoms with E-state index in [1.54, 1.807) is 0 Å². The van der Waals surface area contributed by atoms with Crippen LogP contribution >= 0.6 is 0 Å². The number of hydrogen-bond donors (Lipinski definition) is 0. The Morgan fingerprint density at radius 1 is 1.15 bits per heavy atom. The second-order valence-corrected chi connectivity index (χ2v) is 7.17. The average molecular weight is 351 g/mol. The quantitative estimate of drug-likeness (QED) is 0.785. The molecule has 0 N–H and O–H groups in total. The van der Waals surface area contributed by atoms with Crippen molar-refractivity contribution in [1.29, 1.82) is 0 Å². The molecule has 1 fully saturated rings. The van der Waals surface area contributed by atoms with Crippen LogP contribution in [0.3, 0.4) is 0 Å². The molecule has 0 bridgehead atoms. The average Bonchev–Trinajstić information content (AvgIpc) is 2.95. The van der Waals surface area contributed by atoms with Gasteiger partial charge in [0.1, 0.15) is 11.8 Å². The maximum Gasteiger partial charge on any atom is 0.323 e. The number of carbonyl (C=O) groups is 1. The summed E-state index contributed by atoms with van der Waals surface area (Å²) in [6, 6.07) is 18.5. The van der Waals surface area contributed by atoms with Gasteiger partial charge in [-0.3, -0.25) is 9.69 Å². The number of rotatable bonds is 4. The molecule has 0 spiro atoms. The molecule has 4 heteroatoms. The molecule has 1 saturated heterocycles. The Balaban J connectivity index is 1.75. The Morgan fingerprint density at radius 3 is 2.65 bits per heavy atom. The SMILES string of the molecule is CCOC(=O)[C@H]1[C@H](C)C2COc3ccccc3C2N1Cc1ccccc1. The minimum atomic E-state index is -0.250. The first-order valence-corrected chi connectivity index (χ1v) is 9.38. The van der Waals surface area contributed by atoms with Crippen molar-refractivity contribution in [3.8, 4) is 5.75 Å². The van der Waals surface area contributed by atoms with Crippen molar-refractivity contribution in [1.82, 2.24) is 4.90 Å². The molecule has 2 aromatic rings. The highest BCUT2D eigenvalue weighted by Gasteiger charge is 2.53. The van der Waals surface area contributed by atoms with Gasteiger partial charge in [0.25, 0.3) is 0 Å². The summed E-state index contributed by atoms with van der Waals surface area (Å²) >= 11 is 0. The summed E-state index contributed by atoms with van der Waals surface area (Å²) in [6.07, 6.45) is 0. The number of ether oxygens (including phenoxy) is 2. The maximum absolute atomic E-state index is 12.8. The predicted molar refractivity (Wildman–Crippen MR) is 99.7 cm³/mol.